The number of rotatable bonds is 3. The molecular formula is C19H22FN7O2. The first-order chi connectivity index (χ1) is 13.8. The quantitative estimate of drug-likeness (QED) is 0.697. The minimum absolute atomic E-state index is 0.114. The molecule has 3 aromatic rings. The zero-order chi connectivity index (χ0) is 20.9. The Hall–Kier alpha value is -3.43. The minimum Gasteiger partial charge on any atom is -0.366 e. The van der Waals surface area contributed by atoms with Crippen molar-refractivity contribution in [2.75, 3.05) is 25.0 Å². The number of nitrogens with one attached hydrogen (secondary N) is 1. The van der Waals surface area contributed by atoms with Gasteiger partial charge in [-0.2, -0.15) is 9.78 Å². The third-order valence-corrected chi connectivity index (χ3v) is 5.71. The molecule has 29 heavy (non-hydrogen) atoms. The second-order valence-corrected chi connectivity index (χ2v) is 7.37. The predicted octanol–water partition coefficient (Wildman–Crippen LogP) is 1.79. The highest BCUT2D eigenvalue weighted by molar-refractivity contribution is 6.10. The fraction of sp³-hybridized carbons (Fsp3) is 0.368. The van der Waals surface area contributed by atoms with E-state index >= 15 is 4.39 Å². The van der Waals surface area contributed by atoms with Crippen LogP contribution in [0.25, 0.3) is 10.9 Å². The largest absolute Gasteiger partial charge is 0.366 e. The molecule has 0 aliphatic carbocycles. The van der Waals surface area contributed by atoms with Crippen LogP contribution in [0.4, 0.5) is 14.9 Å². The van der Waals surface area contributed by atoms with E-state index in [4.69, 9.17) is 5.73 Å². The van der Waals surface area contributed by atoms with Crippen molar-refractivity contribution in [2.45, 2.75) is 26.3 Å². The SMILES string of the molecule is Cc1[nH]c2c(C(N)=O)cc(F)c(N3CCC(N(C)C(=O)n4cncn4)C3)c2c1C. The van der Waals surface area contributed by atoms with Crippen molar-refractivity contribution < 1.29 is 14.0 Å². The Bertz CT molecular complexity index is 1110. The number of carbonyl (C=O) groups excluding carboxylic acids is 2. The Balaban J connectivity index is 1.69. The average Bonchev–Trinajstić information content (AvgIpc) is 3.42. The van der Waals surface area contributed by atoms with E-state index in [-0.39, 0.29) is 17.6 Å². The molecule has 4 rings (SSSR count). The van der Waals surface area contributed by atoms with Crippen LogP contribution in [0.3, 0.4) is 0 Å². The molecule has 3 N–H and O–H groups in total. The van der Waals surface area contributed by atoms with Crippen molar-refractivity contribution in [2.24, 2.45) is 5.73 Å². The molecule has 3 heterocycles. The van der Waals surface area contributed by atoms with E-state index in [2.05, 4.69) is 15.1 Å². The maximum Gasteiger partial charge on any atom is 0.346 e. The third-order valence-electron chi connectivity index (χ3n) is 5.71. The highest BCUT2D eigenvalue weighted by Crippen LogP contribution is 2.38. The fourth-order valence-electron chi connectivity index (χ4n) is 3.99. The maximum atomic E-state index is 15.1. The zero-order valence-corrected chi connectivity index (χ0v) is 16.4. The highest BCUT2D eigenvalue weighted by Gasteiger charge is 2.33. The number of benzene rings is 1. The van der Waals surface area contributed by atoms with Gasteiger partial charge in [-0.05, 0) is 31.9 Å². The standard InChI is InChI=1S/C19H22FN7O2/c1-10-11(2)24-16-13(18(21)28)6-14(20)17(15(10)16)26-5-4-12(7-26)25(3)19(29)27-9-22-8-23-27/h6,8-9,12,24H,4-5,7H2,1-3H3,(H2,21,28). The second kappa shape index (κ2) is 6.87. The van der Waals surface area contributed by atoms with Crippen LogP contribution in [0.15, 0.2) is 18.7 Å². The summed E-state index contributed by atoms with van der Waals surface area (Å²) in [4.78, 5) is 34.8. The molecule has 1 unspecified atom stereocenters. The summed E-state index contributed by atoms with van der Waals surface area (Å²) in [6.45, 7) is 4.79. The van der Waals surface area contributed by atoms with Gasteiger partial charge in [0.25, 0.3) is 5.91 Å². The van der Waals surface area contributed by atoms with Crippen molar-refractivity contribution in [1.29, 1.82) is 0 Å². The van der Waals surface area contributed by atoms with E-state index in [9.17, 15) is 9.59 Å². The lowest BCUT2D eigenvalue weighted by Gasteiger charge is -2.26. The number of aromatic nitrogens is 4. The number of nitrogens with zero attached hydrogens (tertiary/aromatic N) is 5. The van der Waals surface area contributed by atoms with Crippen molar-refractivity contribution >= 4 is 28.5 Å². The number of amides is 2. The molecule has 2 amide bonds. The van der Waals surface area contributed by atoms with Crippen LogP contribution in [0.1, 0.15) is 28.0 Å². The Morgan fingerprint density at radius 2 is 2.14 bits per heavy atom. The molecule has 1 fully saturated rings. The number of anilines is 1. The van der Waals surface area contributed by atoms with Gasteiger partial charge in [0.1, 0.15) is 18.5 Å². The molecule has 152 valence electrons. The van der Waals surface area contributed by atoms with Crippen LogP contribution in [-0.4, -0.2) is 62.8 Å². The summed E-state index contributed by atoms with van der Waals surface area (Å²) in [5, 5.41) is 4.53. The Kier molecular flexibility index (Phi) is 4.48. The first-order valence-corrected chi connectivity index (χ1v) is 9.27. The van der Waals surface area contributed by atoms with Crippen molar-refractivity contribution in [3.8, 4) is 0 Å². The van der Waals surface area contributed by atoms with Gasteiger partial charge in [-0.15, -0.1) is 0 Å². The topological polar surface area (TPSA) is 113 Å². The highest BCUT2D eigenvalue weighted by atomic mass is 19.1. The number of nitrogens with two attached hydrogens (primary N) is 1. The molecule has 1 saturated heterocycles. The molecule has 1 atom stereocenters. The number of fused-ring (bicyclic) bond motifs is 1. The van der Waals surface area contributed by atoms with Crippen LogP contribution in [0.2, 0.25) is 0 Å². The van der Waals surface area contributed by atoms with Gasteiger partial charge < -0.3 is 20.5 Å². The number of hydrogen-bond acceptors (Lipinski definition) is 5. The molecule has 0 radical (unpaired) electrons. The van der Waals surface area contributed by atoms with Gasteiger partial charge in [0.15, 0.2) is 0 Å². The summed E-state index contributed by atoms with van der Waals surface area (Å²) in [5.74, 6) is -1.18. The average molecular weight is 399 g/mol. The number of halogens is 1. The fourth-order valence-corrected chi connectivity index (χ4v) is 3.99. The Morgan fingerprint density at radius 1 is 1.38 bits per heavy atom. The monoisotopic (exact) mass is 399 g/mol. The smallest absolute Gasteiger partial charge is 0.346 e. The van der Waals surface area contributed by atoms with Crippen LogP contribution in [0, 0.1) is 19.7 Å². The van der Waals surface area contributed by atoms with Crippen LogP contribution in [-0.2, 0) is 0 Å². The first kappa shape index (κ1) is 18.9. The van der Waals surface area contributed by atoms with E-state index in [1.54, 1.807) is 11.9 Å². The molecule has 1 aromatic carbocycles. The lowest BCUT2D eigenvalue weighted by molar-refractivity contribution is 0.100. The van der Waals surface area contributed by atoms with E-state index in [1.165, 1.54) is 23.4 Å². The molecule has 0 bridgehead atoms. The van der Waals surface area contributed by atoms with Crippen LogP contribution >= 0.6 is 0 Å². The van der Waals surface area contributed by atoms with Gasteiger partial charge >= 0.3 is 6.03 Å². The molecule has 9 nitrogen and oxygen atoms in total. The maximum absolute atomic E-state index is 15.1. The summed E-state index contributed by atoms with van der Waals surface area (Å²) in [7, 11) is 1.70. The molecular weight excluding hydrogens is 377 g/mol. The van der Waals surface area contributed by atoms with E-state index in [0.717, 1.165) is 11.3 Å². The number of likely N-dealkylation sites (N-methyl/N-ethyl adjacent to an activating group) is 1. The summed E-state index contributed by atoms with van der Waals surface area (Å²) >= 11 is 0. The molecule has 10 heteroatoms. The predicted molar refractivity (Wildman–Crippen MR) is 105 cm³/mol. The molecule has 1 aliphatic heterocycles. The lowest BCUT2D eigenvalue weighted by atomic mass is 10.0. The summed E-state index contributed by atoms with van der Waals surface area (Å²) in [6.07, 6.45) is 3.33. The van der Waals surface area contributed by atoms with Crippen molar-refractivity contribution in [3.63, 3.8) is 0 Å². The van der Waals surface area contributed by atoms with E-state index in [0.29, 0.717) is 36.1 Å². The van der Waals surface area contributed by atoms with Crippen LogP contribution < -0.4 is 10.6 Å². The normalized spacial score (nSPS) is 16.6. The molecule has 0 spiro atoms. The first-order valence-electron chi connectivity index (χ1n) is 9.27. The number of hydrogen-bond donors (Lipinski definition) is 2. The number of H-pyrrole nitrogens is 1. The molecule has 0 saturated carbocycles. The number of carbonyl (C=O) groups is 2. The Morgan fingerprint density at radius 3 is 2.79 bits per heavy atom. The van der Waals surface area contributed by atoms with Gasteiger partial charge in [-0.3, -0.25) is 4.79 Å². The van der Waals surface area contributed by atoms with Gasteiger partial charge in [0, 0.05) is 31.2 Å². The molecule has 2 aromatic heterocycles. The molecule has 1 aliphatic rings. The third kappa shape index (κ3) is 3.00. The van der Waals surface area contributed by atoms with Gasteiger partial charge in [0.2, 0.25) is 0 Å². The van der Waals surface area contributed by atoms with E-state index < -0.39 is 11.7 Å². The van der Waals surface area contributed by atoms with Crippen molar-refractivity contribution in [3.05, 3.63) is 41.4 Å². The van der Waals surface area contributed by atoms with Crippen molar-refractivity contribution in [1.82, 2.24) is 24.6 Å². The van der Waals surface area contributed by atoms with E-state index in [1.807, 2.05) is 18.7 Å². The van der Waals surface area contributed by atoms with Crippen LogP contribution in [0.5, 0.6) is 0 Å². The van der Waals surface area contributed by atoms with Gasteiger partial charge in [0.05, 0.1) is 22.8 Å². The lowest BCUT2D eigenvalue weighted by Crippen LogP contribution is -2.41. The number of aromatic amines is 1. The Labute approximate surface area is 166 Å². The summed E-state index contributed by atoms with van der Waals surface area (Å²) < 4.78 is 16.3. The summed E-state index contributed by atoms with van der Waals surface area (Å²) in [5.41, 5.74) is 8.27. The van der Waals surface area contributed by atoms with Gasteiger partial charge in [-0.1, -0.05) is 0 Å². The van der Waals surface area contributed by atoms with Gasteiger partial charge in [-0.25, -0.2) is 14.2 Å². The minimum atomic E-state index is -0.681. The number of aryl methyl sites for hydroxylation is 2. The number of primary amides is 1. The second-order valence-electron chi connectivity index (χ2n) is 7.37. The summed E-state index contributed by atoms with van der Waals surface area (Å²) in [6, 6.07) is 0.780. The zero-order valence-electron chi connectivity index (χ0n) is 16.4.